The number of benzene rings is 2. The molecule has 3 aliphatic rings. The Bertz CT molecular complexity index is 1510. The van der Waals surface area contributed by atoms with Crippen LogP contribution in [0.3, 0.4) is 0 Å². The van der Waals surface area contributed by atoms with Gasteiger partial charge in [0.15, 0.2) is 0 Å². The summed E-state index contributed by atoms with van der Waals surface area (Å²) in [5, 5.41) is 6.65. The van der Waals surface area contributed by atoms with Crippen molar-refractivity contribution in [1.82, 2.24) is 14.2 Å². The van der Waals surface area contributed by atoms with E-state index in [1.165, 1.54) is 11.1 Å². The number of aromatic amines is 1. The Morgan fingerprint density at radius 2 is 1.89 bits per heavy atom. The minimum atomic E-state index is -3.65. The van der Waals surface area contributed by atoms with Crippen LogP contribution in [0.4, 0.5) is 11.5 Å². The van der Waals surface area contributed by atoms with Gasteiger partial charge in [0.05, 0.1) is 23.9 Å². The Kier molecular flexibility index (Phi) is 6.18. The van der Waals surface area contributed by atoms with Crippen LogP contribution in [0.5, 0.6) is 5.75 Å². The van der Waals surface area contributed by atoms with Crippen molar-refractivity contribution in [3.05, 3.63) is 70.9 Å². The minimum Gasteiger partial charge on any atom is -0.496 e. The maximum Gasteiger partial charge on any atom is 0.245 e. The van der Waals surface area contributed by atoms with E-state index in [4.69, 9.17) is 15.5 Å². The van der Waals surface area contributed by atoms with Crippen LogP contribution in [-0.2, 0) is 28.8 Å². The van der Waals surface area contributed by atoms with Crippen molar-refractivity contribution in [2.75, 3.05) is 44.4 Å². The lowest BCUT2D eigenvalue weighted by Gasteiger charge is -2.35. The van der Waals surface area contributed by atoms with Gasteiger partial charge in [-0.3, -0.25) is 5.73 Å². The maximum absolute atomic E-state index is 13.5. The van der Waals surface area contributed by atoms with Crippen molar-refractivity contribution in [3.8, 4) is 5.75 Å². The van der Waals surface area contributed by atoms with E-state index in [2.05, 4.69) is 39.7 Å². The average molecular weight is 536 g/mol. The lowest BCUT2D eigenvalue weighted by molar-refractivity contribution is 0.310. The molecule has 11 heteroatoms. The molecule has 3 aliphatic heterocycles. The number of anilines is 2. The summed E-state index contributed by atoms with van der Waals surface area (Å²) in [7, 11) is 0.0791. The molecule has 0 radical (unpaired) electrons. The van der Waals surface area contributed by atoms with Crippen molar-refractivity contribution >= 4 is 27.4 Å². The number of amidine groups is 1. The zero-order chi connectivity index (χ0) is 26.5. The smallest absolute Gasteiger partial charge is 0.245 e. The highest BCUT2D eigenvalue weighted by atomic mass is 32.2. The lowest BCUT2D eigenvalue weighted by Crippen LogP contribution is -2.47. The molecule has 10 nitrogen and oxygen atoms in total. The molecule has 5 N–H and O–H groups in total. The molecule has 1 unspecified atom stereocenters. The molecule has 0 aliphatic carbocycles. The third kappa shape index (κ3) is 4.25. The number of nitrogens with zero attached hydrogens (tertiary/aromatic N) is 3. The summed E-state index contributed by atoms with van der Waals surface area (Å²) in [6.45, 7) is 2.86. The number of nitrogens with one attached hydrogen (secondary N) is 3. The standard InChI is InChI=1S/C27H33N7O3S/c1-33-14-10-18-16-23(37-2)21(15-19(18)17-33)27(28)31-25-20(9-11-29-25)26(32-27)30-22-7-3-4-8-24(22)38(35,36)34-12-5-6-13-34/h3-4,7-9,11,15-16,29,31H,5-6,10,12-14,17,28H2,1-2H3,(H,30,32). The van der Waals surface area contributed by atoms with Crippen LogP contribution in [0.1, 0.15) is 35.1 Å². The van der Waals surface area contributed by atoms with Gasteiger partial charge in [0.1, 0.15) is 22.3 Å². The summed E-state index contributed by atoms with van der Waals surface area (Å²) in [4.78, 5) is 10.6. The van der Waals surface area contributed by atoms with E-state index in [0.29, 0.717) is 41.7 Å². The number of H-pyrrole nitrogens is 1. The van der Waals surface area contributed by atoms with Crippen LogP contribution < -0.4 is 21.1 Å². The highest BCUT2D eigenvalue weighted by Crippen LogP contribution is 2.38. The molecule has 1 aromatic heterocycles. The first kappa shape index (κ1) is 24.9. The molecule has 0 saturated carbocycles. The summed E-state index contributed by atoms with van der Waals surface area (Å²) in [6.07, 6.45) is 4.47. The Morgan fingerprint density at radius 1 is 1.11 bits per heavy atom. The van der Waals surface area contributed by atoms with Crippen molar-refractivity contribution < 1.29 is 13.2 Å². The van der Waals surface area contributed by atoms with Crippen molar-refractivity contribution in [3.63, 3.8) is 0 Å². The van der Waals surface area contributed by atoms with Gasteiger partial charge in [0.25, 0.3) is 0 Å². The normalized spacial score (nSPS) is 21.8. The van der Waals surface area contributed by atoms with E-state index in [1.54, 1.807) is 35.8 Å². The lowest BCUT2D eigenvalue weighted by atomic mass is 9.93. The molecule has 1 fully saturated rings. The molecule has 200 valence electrons. The molecule has 0 bridgehead atoms. The Hall–Kier alpha value is -3.38. The summed E-state index contributed by atoms with van der Waals surface area (Å²) in [5.74, 6) is 0.433. The van der Waals surface area contributed by atoms with Gasteiger partial charge in [-0.25, -0.2) is 13.4 Å². The molecule has 3 aromatic rings. The maximum atomic E-state index is 13.5. The number of ether oxygens (including phenoxy) is 1. The molecule has 1 saturated heterocycles. The first-order valence-electron chi connectivity index (χ1n) is 12.9. The number of para-hydroxylation sites is 1. The van der Waals surface area contributed by atoms with Gasteiger partial charge in [-0.15, -0.1) is 0 Å². The van der Waals surface area contributed by atoms with Gasteiger partial charge in [0.2, 0.25) is 15.8 Å². The monoisotopic (exact) mass is 535 g/mol. The molecule has 4 heterocycles. The van der Waals surface area contributed by atoms with Crippen molar-refractivity contribution in [2.24, 2.45) is 10.7 Å². The molecule has 0 amide bonds. The largest absolute Gasteiger partial charge is 0.496 e. The van der Waals surface area contributed by atoms with E-state index < -0.39 is 15.8 Å². The summed E-state index contributed by atoms with van der Waals surface area (Å²) < 4.78 is 34.3. The van der Waals surface area contributed by atoms with Gasteiger partial charge in [-0.2, -0.15) is 4.31 Å². The van der Waals surface area contributed by atoms with Gasteiger partial charge in [-0.05, 0) is 67.8 Å². The third-order valence-electron chi connectivity index (χ3n) is 7.56. The number of aliphatic imine (C=N–C) groups is 1. The number of rotatable bonds is 5. The number of likely N-dealkylation sites (N-methyl/N-ethyl adjacent to an activating group) is 1. The fourth-order valence-corrected chi connectivity index (χ4v) is 7.20. The van der Waals surface area contributed by atoms with Gasteiger partial charge in [-0.1, -0.05) is 12.1 Å². The molecule has 1 atom stereocenters. The predicted molar refractivity (Wildman–Crippen MR) is 148 cm³/mol. The quantitative estimate of drug-likeness (QED) is 0.396. The van der Waals surface area contributed by atoms with Gasteiger partial charge >= 0.3 is 0 Å². The second kappa shape index (κ2) is 9.42. The van der Waals surface area contributed by atoms with Crippen LogP contribution in [0, 0.1) is 0 Å². The third-order valence-corrected chi connectivity index (χ3v) is 9.52. The Morgan fingerprint density at radius 3 is 2.68 bits per heavy atom. The second-order valence-corrected chi connectivity index (χ2v) is 12.1. The molecule has 38 heavy (non-hydrogen) atoms. The number of sulfonamides is 1. The van der Waals surface area contributed by atoms with Crippen LogP contribution >= 0.6 is 0 Å². The zero-order valence-corrected chi connectivity index (χ0v) is 22.4. The SMILES string of the molecule is COc1cc2c(cc1C1(N)N=C(Nc3ccccc3S(=O)(=O)N3CCCC3)c3cc[nH]c3N1)CN(C)CC2. The Labute approximate surface area is 222 Å². The zero-order valence-electron chi connectivity index (χ0n) is 21.6. The van der Waals surface area contributed by atoms with E-state index in [-0.39, 0.29) is 4.90 Å². The molecular formula is C27H33N7O3S. The number of aromatic nitrogens is 1. The fourth-order valence-electron chi connectivity index (χ4n) is 5.53. The first-order valence-corrected chi connectivity index (χ1v) is 14.3. The summed E-state index contributed by atoms with van der Waals surface area (Å²) in [6, 6.07) is 12.9. The Balaban J connectivity index is 1.43. The van der Waals surface area contributed by atoms with E-state index in [1.807, 2.05) is 12.1 Å². The molecule has 2 aromatic carbocycles. The average Bonchev–Trinajstić information content (AvgIpc) is 3.61. The van der Waals surface area contributed by atoms with Crippen LogP contribution in [0.2, 0.25) is 0 Å². The van der Waals surface area contributed by atoms with E-state index in [0.717, 1.165) is 37.9 Å². The highest BCUT2D eigenvalue weighted by Gasteiger charge is 2.38. The number of nitrogens with two attached hydrogens (primary N) is 1. The predicted octanol–water partition coefficient (Wildman–Crippen LogP) is 2.85. The number of hydrogen-bond acceptors (Lipinski definition) is 8. The molecular weight excluding hydrogens is 502 g/mol. The molecule has 0 spiro atoms. The topological polar surface area (TPSA) is 128 Å². The minimum absolute atomic E-state index is 0.220. The van der Waals surface area contributed by atoms with Crippen LogP contribution in [0.25, 0.3) is 0 Å². The number of methoxy groups -OCH3 is 1. The second-order valence-electron chi connectivity index (χ2n) is 10.2. The van der Waals surface area contributed by atoms with Crippen LogP contribution in [0.15, 0.2) is 58.5 Å². The first-order chi connectivity index (χ1) is 18.3. The van der Waals surface area contributed by atoms with Crippen LogP contribution in [-0.4, -0.2) is 62.2 Å². The molecule has 6 rings (SSSR count). The van der Waals surface area contributed by atoms with Crippen molar-refractivity contribution in [2.45, 2.75) is 36.5 Å². The van der Waals surface area contributed by atoms with E-state index in [9.17, 15) is 8.42 Å². The summed E-state index contributed by atoms with van der Waals surface area (Å²) in [5.41, 5.74) is 11.3. The fraction of sp³-hybridized carbons (Fsp3) is 0.370. The number of hydrogen-bond donors (Lipinski definition) is 4. The summed E-state index contributed by atoms with van der Waals surface area (Å²) >= 11 is 0. The van der Waals surface area contributed by atoms with E-state index >= 15 is 0 Å². The van der Waals surface area contributed by atoms with Gasteiger partial charge < -0.3 is 25.3 Å². The van der Waals surface area contributed by atoms with Gasteiger partial charge in [0, 0.05) is 32.4 Å². The number of fused-ring (bicyclic) bond motifs is 2. The van der Waals surface area contributed by atoms with Crippen molar-refractivity contribution in [1.29, 1.82) is 0 Å². The highest BCUT2D eigenvalue weighted by molar-refractivity contribution is 7.89.